The van der Waals surface area contributed by atoms with Crippen LogP contribution in [-0.4, -0.2) is 37.1 Å². The van der Waals surface area contributed by atoms with Gasteiger partial charge in [0.15, 0.2) is 4.34 Å². The zero-order valence-corrected chi connectivity index (χ0v) is 20.8. The molecule has 0 saturated carbocycles. The number of Topliss-reactive ketones (excluding diaryl/α,β-unsaturated/α-hetero) is 1. The summed E-state index contributed by atoms with van der Waals surface area (Å²) >= 11 is 8.81. The van der Waals surface area contributed by atoms with Crippen molar-refractivity contribution in [3.63, 3.8) is 0 Å². The van der Waals surface area contributed by atoms with Crippen molar-refractivity contribution in [2.45, 2.75) is 16.1 Å². The first-order valence-corrected chi connectivity index (χ1v) is 12.8. The molecule has 0 radical (unpaired) electrons. The van der Waals surface area contributed by atoms with E-state index in [4.69, 9.17) is 11.6 Å². The minimum atomic E-state index is -0.965. The molecule has 1 saturated heterocycles. The number of hydrogen-bond donors (Lipinski definition) is 2. The van der Waals surface area contributed by atoms with Gasteiger partial charge in [0.25, 0.3) is 5.78 Å². The minimum absolute atomic E-state index is 0.0269. The number of rotatable bonds is 6. The van der Waals surface area contributed by atoms with Crippen molar-refractivity contribution in [1.82, 2.24) is 15.2 Å². The van der Waals surface area contributed by atoms with Crippen LogP contribution in [0.25, 0.3) is 5.76 Å². The summed E-state index contributed by atoms with van der Waals surface area (Å²) in [5.41, 5.74) is 1.71. The Labute approximate surface area is 218 Å². The van der Waals surface area contributed by atoms with Gasteiger partial charge in [0, 0.05) is 28.7 Å². The van der Waals surface area contributed by atoms with Crippen LogP contribution in [0.4, 0.5) is 5.13 Å². The highest BCUT2D eigenvalue weighted by atomic mass is 35.5. The largest absolute Gasteiger partial charge is 0.508 e. The number of phenolic OH excluding ortho intramolecular Hbond substituents is 1. The molecule has 180 valence electrons. The highest BCUT2D eigenvalue weighted by Gasteiger charge is 2.48. The van der Waals surface area contributed by atoms with Crippen LogP contribution in [0.3, 0.4) is 0 Å². The lowest BCUT2D eigenvalue weighted by molar-refractivity contribution is -0.132. The summed E-state index contributed by atoms with van der Waals surface area (Å²) in [6.45, 7) is 0. The van der Waals surface area contributed by atoms with E-state index < -0.39 is 17.7 Å². The average molecular weight is 537 g/mol. The third-order valence-corrected chi connectivity index (χ3v) is 7.99. The van der Waals surface area contributed by atoms with Crippen LogP contribution < -0.4 is 4.90 Å². The van der Waals surface area contributed by atoms with Gasteiger partial charge in [-0.05, 0) is 41.5 Å². The Hall–Kier alpha value is -3.73. The molecule has 11 heteroatoms. The number of halogens is 1. The van der Waals surface area contributed by atoms with E-state index >= 15 is 0 Å². The number of aliphatic hydroxyl groups is 1. The number of thioether (sulfide) groups is 1. The van der Waals surface area contributed by atoms with Gasteiger partial charge in [-0.3, -0.25) is 19.5 Å². The van der Waals surface area contributed by atoms with Crippen molar-refractivity contribution in [1.29, 1.82) is 0 Å². The Balaban J connectivity index is 1.54. The van der Waals surface area contributed by atoms with E-state index in [1.165, 1.54) is 41.2 Å². The van der Waals surface area contributed by atoms with Gasteiger partial charge in [0.1, 0.15) is 11.5 Å². The second-order valence-corrected chi connectivity index (χ2v) is 10.3. The van der Waals surface area contributed by atoms with Gasteiger partial charge in [-0.15, -0.1) is 10.2 Å². The van der Waals surface area contributed by atoms with Gasteiger partial charge in [-0.2, -0.15) is 0 Å². The first-order valence-electron chi connectivity index (χ1n) is 10.6. The lowest BCUT2D eigenvalue weighted by atomic mass is 9.95. The lowest BCUT2D eigenvalue weighted by Gasteiger charge is -2.22. The third kappa shape index (κ3) is 4.58. The number of carbonyl (C=O) groups excluding carboxylic acids is 2. The van der Waals surface area contributed by atoms with Crippen LogP contribution in [0.15, 0.2) is 83.0 Å². The maximum Gasteiger partial charge on any atom is 0.301 e. The first-order chi connectivity index (χ1) is 17.4. The fraction of sp³-hybridized carbons (Fsp3) is 0.0800. The molecule has 3 heterocycles. The molecule has 0 aliphatic carbocycles. The molecule has 2 aromatic carbocycles. The van der Waals surface area contributed by atoms with Gasteiger partial charge in [-0.1, -0.05) is 65.0 Å². The number of aromatic nitrogens is 3. The molecule has 2 aromatic heterocycles. The molecule has 5 rings (SSSR count). The minimum Gasteiger partial charge on any atom is -0.508 e. The monoisotopic (exact) mass is 536 g/mol. The van der Waals surface area contributed by atoms with E-state index in [2.05, 4.69) is 15.2 Å². The zero-order valence-electron chi connectivity index (χ0n) is 18.4. The molecule has 1 aliphatic rings. The number of phenols is 1. The smallest absolute Gasteiger partial charge is 0.301 e. The number of carbonyl (C=O) groups is 2. The van der Waals surface area contributed by atoms with Gasteiger partial charge >= 0.3 is 5.91 Å². The molecular formula is C25H17ClN4O4S2. The molecule has 1 fully saturated rings. The van der Waals surface area contributed by atoms with Crippen molar-refractivity contribution >= 4 is 57.3 Å². The van der Waals surface area contributed by atoms with Crippen LogP contribution in [-0.2, 0) is 15.3 Å². The second-order valence-electron chi connectivity index (χ2n) is 7.73. The Bertz CT molecular complexity index is 1470. The van der Waals surface area contributed by atoms with Crippen molar-refractivity contribution in [3.8, 4) is 5.75 Å². The lowest BCUT2D eigenvalue weighted by Crippen LogP contribution is -2.29. The molecule has 36 heavy (non-hydrogen) atoms. The topological polar surface area (TPSA) is 117 Å². The summed E-state index contributed by atoms with van der Waals surface area (Å²) in [4.78, 5) is 31.6. The highest BCUT2D eigenvalue weighted by molar-refractivity contribution is 8.00. The Morgan fingerprint density at radius 1 is 1.03 bits per heavy atom. The van der Waals surface area contributed by atoms with Gasteiger partial charge in [0.2, 0.25) is 5.13 Å². The summed E-state index contributed by atoms with van der Waals surface area (Å²) in [6, 6.07) is 15.7. The van der Waals surface area contributed by atoms with E-state index in [9.17, 15) is 19.8 Å². The van der Waals surface area contributed by atoms with Crippen molar-refractivity contribution < 1.29 is 19.8 Å². The predicted octanol–water partition coefficient (Wildman–Crippen LogP) is 5.21. The first kappa shape index (κ1) is 24.0. The number of ketones is 1. The van der Waals surface area contributed by atoms with Crippen LogP contribution in [0.2, 0.25) is 5.02 Å². The number of nitrogens with zero attached hydrogens (tertiary/aromatic N) is 4. The number of hydrogen-bond acceptors (Lipinski definition) is 9. The van der Waals surface area contributed by atoms with Crippen LogP contribution in [0.5, 0.6) is 5.75 Å². The Morgan fingerprint density at radius 3 is 2.47 bits per heavy atom. The van der Waals surface area contributed by atoms with Gasteiger partial charge in [-0.25, -0.2) is 0 Å². The molecule has 1 unspecified atom stereocenters. The number of aliphatic hydroxyl groups excluding tert-OH is 1. The van der Waals surface area contributed by atoms with Crippen LogP contribution in [0, 0.1) is 0 Å². The fourth-order valence-electron chi connectivity index (χ4n) is 3.78. The summed E-state index contributed by atoms with van der Waals surface area (Å²) in [6.07, 6.45) is 2.96. The zero-order chi connectivity index (χ0) is 25.2. The average Bonchev–Trinajstić information content (AvgIpc) is 3.46. The van der Waals surface area contributed by atoms with Gasteiger partial charge in [0.05, 0.1) is 11.6 Å². The van der Waals surface area contributed by atoms with Crippen molar-refractivity contribution in [2.75, 3.05) is 4.90 Å². The summed E-state index contributed by atoms with van der Waals surface area (Å²) in [5.74, 6) is -1.42. The molecule has 1 atom stereocenters. The summed E-state index contributed by atoms with van der Waals surface area (Å²) < 4.78 is 0.588. The SMILES string of the molecule is O=C1C(=O)N(c2nnc(SCc3ccccc3Cl)s2)C(c2ccc(O)cc2)C1=C(O)c1ccncc1. The van der Waals surface area contributed by atoms with E-state index in [1.54, 1.807) is 24.3 Å². The highest BCUT2D eigenvalue weighted by Crippen LogP contribution is 2.44. The van der Waals surface area contributed by atoms with Crippen molar-refractivity contribution in [3.05, 3.63) is 100 Å². The van der Waals surface area contributed by atoms with Gasteiger partial charge < -0.3 is 10.2 Å². The summed E-state index contributed by atoms with van der Waals surface area (Å²) in [5, 5.41) is 30.1. The van der Waals surface area contributed by atoms with E-state index in [0.717, 1.165) is 16.9 Å². The second kappa shape index (κ2) is 10.1. The van der Waals surface area contributed by atoms with Crippen LogP contribution >= 0.6 is 34.7 Å². The standard InChI is InChI=1S/C25H17ClN4O4S2/c26-18-4-2-1-3-16(18)13-35-25-29-28-24(36-25)30-20(14-5-7-17(31)8-6-14)19(22(33)23(30)34)21(32)15-9-11-27-12-10-15/h1-12,20,31-32H,13H2. The molecule has 0 spiro atoms. The maximum absolute atomic E-state index is 13.2. The number of aromatic hydroxyl groups is 1. The number of pyridine rings is 1. The molecule has 1 aliphatic heterocycles. The number of amides is 1. The molecular weight excluding hydrogens is 520 g/mol. The normalized spacial score (nSPS) is 17.0. The molecule has 8 nitrogen and oxygen atoms in total. The molecule has 1 amide bonds. The summed E-state index contributed by atoms with van der Waals surface area (Å²) in [7, 11) is 0. The van der Waals surface area contributed by atoms with Crippen molar-refractivity contribution in [2.24, 2.45) is 0 Å². The Morgan fingerprint density at radius 2 is 1.75 bits per heavy atom. The molecule has 0 bridgehead atoms. The quantitative estimate of drug-likeness (QED) is 0.113. The third-order valence-electron chi connectivity index (χ3n) is 5.52. The van der Waals surface area contributed by atoms with E-state index in [0.29, 0.717) is 26.2 Å². The predicted molar refractivity (Wildman–Crippen MR) is 138 cm³/mol. The van der Waals surface area contributed by atoms with E-state index in [-0.39, 0.29) is 22.2 Å². The number of anilines is 1. The molecule has 4 aromatic rings. The van der Waals surface area contributed by atoms with Crippen LogP contribution in [0.1, 0.15) is 22.7 Å². The Kier molecular flexibility index (Phi) is 6.73. The maximum atomic E-state index is 13.2. The molecule has 2 N–H and O–H groups in total. The van der Waals surface area contributed by atoms with E-state index in [1.807, 2.05) is 24.3 Å². The fourth-order valence-corrected chi connectivity index (χ4v) is 5.93. The number of benzene rings is 2.